The molecule has 5 nitrogen and oxygen atoms in total. The largest absolute Gasteiger partial charge is 0.329 e. The SMILES string of the molecule is Cc1cc(C)c(/C=N/NC(=O)C(=O)Nc2ccccc2)c(C)c1. The third kappa shape index (κ3) is 4.51. The summed E-state index contributed by atoms with van der Waals surface area (Å²) >= 11 is 0. The lowest BCUT2D eigenvalue weighted by Gasteiger charge is -2.06. The first kappa shape index (κ1) is 16.4. The third-order valence-corrected chi connectivity index (χ3v) is 3.34. The zero-order chi connectivity index (χ0) is 16.8. The summed E-state index contributed by atoms with van der Waals surface area (Å²) in [6.45, 7) is 5.98. The highest BCUT2D eigenvalue weighted by molar-refractivity contribution is 6.39. The fourth-order valence-corrected chi connectivity index (χ4v) is 2.31. The third-order valence-electron chi connectivity index (χ3n) is 3.34. The Morgan fingerprint density at radius 2 is 1.57 bits per heavy atom. The molecule has 0 aliphatic rings. The first-order valence-corrected chi connectivity index (χ1v) is 7.24. The minimum Gasteiger partial charge on any atom is -0.318 e. The van der Waals surface area contributed by atoms with E-state index in [2.05, 4.69) is 15.8 Å². The van der Waals surface area contributed by atoms with Crippen molar-refractivity contribution in [1.29, 1.82) is 0 Å². The van der Waals surface area contributed by atoms with Gasteiger partial charge in [0, 0.05) is 11.3 Å². The van der Waals surface area contributed by atoms with E-state index in [9.17, 15) is 9.59 Å². The Morgan fingerprint density at radius 3 is 2.17 bits per heavy atom. The lowest BCUT2D eigenvalue weighted by molar-refractivity contribution is -0.136. The van der Waals surface area contributed by atoms with Gasteiger partial charge in [-0.2, -0.15) is 5.10 Å². The summed E-state index contributed by atoms with van der Waals surface area (Å²) in [6, 6.07) is 12.9. The van der Waals surface area contributed by atoms with Crippen LogP contribution in [0.4, 0.5) is 5.69 Å². The molecular formula is C18H19N3O2. The highest BCUT2D eigenvalue weighted by atomic mass is 16.2. The van der Waals surface area contributed by atoms with Gasteiger partial charge in [0.15, 0.2) is 0 Å². The number of benzene rings is 2. The molecular weight excluding hydrogens is 290 g/mol. The smallest absolute Gasteiger partial charge is 0.318 e. The Kier molecular flexibility index (Phi) is 5.25. The standard InChI is InChI=1S/C18H19N3O2/c1-12-9-13(2)16(14(3)10-12)11-19-21-18(23)17(22)20-15-7-5-4-6-8-15/h4-11H,1-3H3,(H,20,22)(H,21,23)/b19-11+. The molecule has 2 aromatic carbocycles. The molecule has 0 aliphatic carbocycles. The van der Waals surface area contributed by atoms with Crippen LogP contribution in [0.1, 0.15) is 22.3 Å². The zero-order valence-electron chi connectivity index (χ0n) is 13.4. The van der Waals surface area contributed by atoms with Crippen LogP contribution in [0, 0.1) is 20.8 Å². The normalized spacial score (nSPS) is 10.6. The fraction of sp³-hybridized carbons (Fsp3) is 0.167. The molecule has 0 radical (unpaired) electrons. The van der Waals surface area contributed by atoms with Gasteiger partial charge in [0.25, 0.3) is 0 Å². The second-order valence-electron chi connectivity index (χ2n) is 5.33. The van der Waals surface area contributed by atoms with Crippen LogP contribution < -0.4 is 10.7 Å². The first-order valence-electron chi connectivity index (χ1n) is 7.24. The van der Waals surface area contributed by atoms with Crippen molar-refractivity contribution in [3.63, 3.8) is 0 Å². The van der Waals surface area contributed by atoms with Crippen molar-refractivity contribution in [1.82, 2.24) is 5.43 Å². The van der Waals surface area contributed by atoms with Gasteiger partial charge in [-0.15, -0.1) is 0 Å². The highest BCUT2D eigenvalue weighted by Gasteiger charge is 2.12. The molecule has 2 rings (SSSR count). The summed E-state index contributed by atoms with van der Waals surface area (Å²) in [7, 11) is 0. The average molecular weight is 309 g/mol. The number of aryl methyl sites for hydroxylation is 3. The van der Waals surface area contributed by atoms with Crippen LogP contribution in [-0.4, -0.2) is 18.0 Å². The van der Waals surface area contributed by atoms with Gasteiger partial charge in [-0.25, -0.2) is 5.43 Å². The van der Waals surface area contributed by atoms with Gasteiger partial charge in [0.1, 0.15) is 0 Å². The minimum atomic E-state index is -0.812. The van der Waals surface area contributed by atoms with E-state index in [0.29, 0.717) is 5.69 Å². The Morgan fingerprint density at radius 1 is 0.957 bits per heavy atom. The molecule has 0 bridgehead atoms. The topological polar surface area (TPSA) is 70.6 Å². The number of hydrogen-bond donors (Lipinski definition) is 2. The fourth-order valence-electron chi connectivity index (χ4n) is 2.31. The Labute approximate surface area is 135 Å². The zero-order valence-corrected chi connectivity index (χ0v) is 13.4. The Hall–Kier alpha value is -2.95. The number of amides is 2. The number of nitrogens with one attached hydrogen (secondary N) is 2. The molecule has 2 aromatic rings. The van der Waals surface area contributed by atoms with Crippen molar-refractivity contribution in [2.45, 2.75) is 20.8 Å². The first-order chi connectivity index (χ1) is 11.0. The van der Waals surface area contributed by atoms with E-state index >= 15 is 0 Å². The molecule has 0 spiro atoms. The number of para-hydroxylation sites is 1. The molecule has 5 heteroatoms. The van der Waals surface area contributed by atoms with Crippen molar-refractivity contribution in [3.05, 3.63) is 64.7 Å². The van der Waals surface area contributed by atoms with Crippen LogP contribution in [0.15, 0.2) is 47.6 Å². The number of nitrogens with zero attached hydrogens (tertiary/aromatic N) is 1. The maximum Gasteiger partial charge on any atom is 0.329 e. The average Bonchev–Trinajstić information content (AvgIpc) is 2.50. The van der Waals surface area contributed by atoms with E-state index in [-0.39, 0.29) is 0 Å². The number of hydrazone groups is 1. The predicted octanol–water partition coefficient (Wildman–Crippen LogP) is 2.70. The van der Waals surface area contributed by atoms with Crippen molar-refractivity contribution < 1.29 is 9.59 Å². The lowest BCUT2D eigenvalue weighted by atomic mass is 10.0. The van der Waals surface area contributed by atoms with E-state index in [1.165, 1.54) is 5.56 Å². The molecule has 0 aliphatic heterocycles. The molecule has 0 saturated carbocycles. The quantitative estimate of drug-likeness (QED) is 0.520. The van der Waals surface area contributed by atoms with E-state index in [1.54, 1.807) is 30.5 Å². The number of hydrogen-bond acceptors (Lipinski definition) is 3. The van der Waals surface area contributed by atoms with E-state index < -0.39 is 11.8 Å². The molecule has 0 unspecified atom stereocenters. The van der Waals surface area contributed by atoms with Gasteiger partial charge in [-0.1, -0.05) is 35.9 Å². The molecule has 2 N–H and O–H groups in total. The predicted molar refractivity (Wildman–Crippen MR) is 91.5 cm³/mol. The number of carbonyl (C=O) groups is 2. The summed E-state index contributed by atoms with van der Waals surface area (Å²) in [5, 5.41) is 6.37. The molecule has 2 amide bonds. The van der Waals surface area contributed by atoms with Crippen LogP contribution in [0.2, 0.25) is 0 Å². The van der Waals surface area contributed by atoms with Gasteiger partial charge < -0.3 is 5.32 Å². The number of rotatable bonds is 3. The second kappa shape index (κ2) is 7.35. The van der Waals surface area contributed by atoms with E-state index in [1.807, 2.05) is 39.0 Å². The summed E-state index contributed by atoms with van der Waals surface area (Å²) in [4.78, 5) is 23.5. The minimum absolute atomic E-state index is 0.557. The monoisotopic (exact) mass is 309 g/mol. The molecule has 0 fully saturated rings. The molecule has 118 valence electrons. The van der Waals surface area contributed by atoms with E-state index in [0.717, 1.165) is 16.7 Å². The lowest BCUT2D eigenvalue weighted by Crippen LogP contribution is -2.32. The van der Waals surface area contributed by atoms with Crippen molar-refractivity contribution in [2.24, 2.45) is 5.10 Å². The molecule has 0 heterocycles. The summed E-state index contributed by atoms with van der Waals surface area (Å²) in [5.41, 5.74) is 7.02. The van der Waals surface area contributed by atoms with Gasteiger partial charge >= 0.3 is 11.8 Å². The summed E-state index contributed by atoms with van der Waals surface area (Å²) in [5.74, 6) is -1.57. The Bertz CT molecular complexity index is 729. The summed E-state index contributed by atoms with van der Waals surface area (Å²) < 4.78 is 0. The van der Waals surface area contributed by atoms with Gasteiger partial charge in [0.05, 0.1) is 6.21 Å². The second-order valence-corrected chi connectivity index (χ2v) is 5.33. The van der Waals surface area contributed by atoms with Crippen molar-refractivity contribution >= 4 is 23.7 Å². The van der Waals surface area contributed by atoms with Crippen LogP contribution >= 0.6 is 0 Å². The molecule has 0 saturated heterocycles. The maximum absolute atomic E-state index is 11.7. The van der Waals surface area contributed by atoms with Crippen LogP contribution in [0.25, 0.3) is 0 Å². The van der Waals surface area contributed by atoms with Crippen molar-refractivity contribution in [2.75, 3.05) is 5.32 Å². The van der Waals surface area contributed by atoms with Crippen molar-refractivity contribution in [3.8, 4) is 0 Å². The maximum atomic E-state index is 11.7. The van der Waals surface area contributed by atoms with Crippen LogP contribution in [0.3, 0.4) is 0 Å². The Balaban J connectivity index is 1.98. The van der Waals surface area contributed by atoms with Gasteiger partial charge in [0.2, 0.25) is 0 Å². The van der Waals surface area contributed by atoms with E-state index in [4.69, 9.17) is 0 Å². The summed E-state index contributed by atoms with van der Waals surface area (Å²) in [6.07, 6.45) is 1.55. The molecule has 0 aromatic heterocycles. The number of anilines is 1. The van der Waals surface area contributed by atoms with Gasteiger partial charge in [-0.05, 0) is 44.0 Å². The van der Waals surface area contributed by atoms with Crippen LogP contribution in [-0.2, 0) is 9.59 Å². The molecule has 23 heavy (non-hydrogen) atoms. The van der Waals surface area contributed by atoms with Gasteiger partial charge in [-0.3, -0.25) is 9.59 Å². The molecule has 0 atom stereocenters. The number of carbonyl (C=O) groups excluding carboxylic acids is 2. The highest BCUT2D eigenvalue weighted by Crippen LogP contribution is 2.14. The van der Waals surface area contributed by atoms with Crippen LogP contribution in [0.5, 0.6) is 0 Å².